The van der Waals surface area contributed by atoms with Gasteiger partial charge in [0.1, 0.15) is 6.04 Å². The first-order valence-corrected chi connectivity index (χ1v) is 8.98. The Bertz CT molecular complexity index is 673. The molecule has 1 aliphatic rings. The molecule has 1 aromatic carbocycles. The molecule has 1 heterocycles. The number of urea groups is 1. The highest BCUT2D eigenvalue weighted by atomic mass is 32.2. The maximum Gasteiger partial charge on any atom is 0.324 e. The van der Waals surface area contributed by atoms with Crippen molar-refractivity contribution < 1.29 is 18.0 Å². The van der Waals surface area contributed by atoms with E-state index in [1.807, 2.05) is 30.3 Å². The summed E-state index contributed by atoms with van der Waals surface area (Å²) in [6.45, 7) is 0.100. The summed E-state index contributed by atoms with van der Waals surface area (Å²) >= 11 is 0. The highest BCUT2D eigenvalue weighted by Gasteiger charge is 2.37. The Morgan fingerprint density at radius 1 is 1.17 bits per heavy atom. The molecule has 0 radical (unpaired) electrons. The van der Waals surface area contributed by atoms with Crippen LogP contribution in [0.5, 0.6) is 0 Å². The molecule has 1 aliphatic heterocycles. The Hall–Kier alpha value is -1.93. The Morgan fingerprint density at radius 2 is 1.83 bits per heavy atom. The van der Waals surface area contributed by atoms with Crippen molar-refractivity contribution in [2.24, 2.45) is 0 Å². The lowest BCUT2D eigenvalue weighted by Crippen LogP contribution is -2.34. The monoisotopic (exact) mass is 339 g/mol. The Balaban J connectivity index is 1.91. The summed E-state index contributed by atoms with van der Waals surface area (Å²) in [5.74, 6) is -0.401. The van der Waals surface area contributed by atoms with E-state index >= 15 is 0 Å². The molecule has 2 rings (SSSR count). The van der Waals surface area contributed by atoms with Crippen LogP contribution in [0.3, 0.4) is 0 Å². The molecule has 7 nitrogen and oxygen atoms in total. The fraction of sp³-hybridized carbons (Fsp3) is 0.467. The van der Waals surface area contributed by atoms with Crippen molar-refractivity contribution in [2.45, 2.75) is 18.9 Å². The van der Waals surface area contributed by atoms with Crippen LogP contribution in [0, 0.1) is 0 Å². The van der Waals surface area contributed by atoms with Crippen molar-refractivity contribution >= 4 is 22.0 Å². The van der Waals surface area contributed by atoms with E-state index in [0.717, 1.165) is 14.8 Å². The van der Waals surface area contributed by atoms with E-state index in [2.05, 4.69) is 5.32 Å². The number of benzene rings is 1. The molecule has 8 heteroatoms. The smallest absolute Gasteiger partial charge is 0.324 e. The van der Waals surface area contributed by atoms with Crippen LogP contribution in [0.15, 0.2) is 30.3 Å². The van der Waals surface area contributed by atoms with E-state index in [1.54, 1.807) is 0 Å². The predicted molar refractivity (Wildman–Crippen MR) is 86.3 cm³/mol. The summed E-state index contributed by atoms with van der Waals surface area (Å²) in [5, 5.41) is 2.65. The van der Waals surface area contributed by atoms with Crippen molar-refractivity contribution in [2.75, 3.05) is 26.4 Å². The largest absolute Gasteiger partial charge is 0.325 e. The zero-order valence-corrected chi connectivity index (χ0v) is 14.0. The molecular formula is C15H21N3O4S. The van der Waals surface area contributed by atoms with E-state index in [4.69, 9.17) is 0 Å². The molecule has 0 bridgehead atoms. The van der Waals surface area contributed by atoms with Crippen molar-refractivity contribution in [3.8, 4) is 0 Å². The highest BCUT2D eigenvalue weighted by Crippen LogP contribution is 2.13. The first-order chi connectivity index (χ1) is 10.8. The van der Waals surface area contributed by atoms with E-state index in [1.165, 1.54) is 14.1 Å². The van der Waals surface area contributed by atoms with Gasteiger partial charge in [-0.25, -0.2) is 17.5 Å². The quantitative estimate of drug-likeness (QED) is 0.730. The van der Waals surface area contributed by atoms with Gasteiger partial charge in [0.05, 0.1) is 5.75 Å². The third kappa shape index (κ3) is 4.29. The number of rotatable bonds is 7. The summed E-state index contributed by atoms with van der Waals surface area (Å²) in [6.07, 6.45) is 0.648. The maximum absolute atomic E-state index is 12.3. The average molecular weight is 339 g/mol. The fourth-order valence-corrected chi connectivity index (χ4v) is 3.22. The van der Waals surface area contributed by atoms with Crippen LogP contribution in [0.4, 0.5) is 4.79 Å². The molecule has 1 aromatic rings. The number of carbonyl (C=O) groups is 2. The molecule has 0 aliphatic carbocycles. The van der Waals surface area contributed by atoms with Crippen LogP contribution in [0.25, 0.3) is 0 Å². The summed E-state index contributed by atoms with van der Waals surface area (Å²) in [5.41, 5.74) is 0.961. The summed E-state index contributed by atoms with van der Waals surface area (Å²) in [4.78, 5) is 25.3. The third-order valence-electron chi connectivity index (χ3n) is 3.73. The van der Waals surface area contributed by atoms with Gasteiger partial charge in [0.25, 0.3) is 5.91 Å². The maximum atomic E-state index is 12.3. The van der Waals surface area contributed by atoms with Gasteiger partial charge in [-0.15, -0.1) is 0 Å². The topological polar surface area (TPSA) is 86.8 Å². The van der Waals surface area contributed by atoms with Crippen LogP contribution in [-0.2, 0) is 21.2 Å². The first kappa shape index (κ1) is 17.4. The fourth-order valence-electron chi connectivity index (χ4n) is 2.36. The van der Waals surface area contributed by atoms with Gasteiger partial charge in [-0.1, -0.05) is 30.3 Å². The van der Waals surface area contributed by atoms with Gasteiger partial charge in [-0.3, -0.25) is 9.69 Å². The normalized spacial score (nSPS) is 18.6. The molecule has 1 N–H and O–H groups in total. The van der Waals surface area contributed by atoms with Gasteiger partial charge in [-0.05, 0) is 12.0 Å². The third-order valence-corrected chi connectivity index (χ3v) is 5.65. The van der Waals surface area contributed by atoms with Gasteiger partial charge in [0.2, 0.25) is 10.0 Å². The minimum absolute atomic E-state index is 0.0968. The molecule has 23 heavy (non-hydrogen) atoms. The Morgan fingerprint density at radius 3 is 2.43 bits per heavy atom. The molecule has 3 amide bonds. The lowest BCUT2D eigenvalue weighted by atomic mass is 10.1. The molecule has 1 atom stereocenters. The molecule has 1 saturated heterocycles. The number of hydrogen-bond acceptors (Lipinski definition) is 4. The second kappa shape index (κ2) is 7.10. The number of hydrogen-bond donors (Lipinski definition) is 1. The number of nitrogens with zero attached hydrogens (tertiary/aromatic N) is 2. The van der Waals surface area contributed by atoms with Crippen LogP contribution in [0.2, 0.25) is 0 Å². The molecule has 0 unspecified atom stereocenters. The van der Waals surface area contributed by atoms with Crippen LogP contribution < -0.4 is 5.32 Å². The van der Waals surface area contributed by atoms with Gasteiger partial charge in [0, 0.05) is 27.1 Å². The van der Waals surface area contributed by atoms with Crippen molar-refractivity contribution in [3.05, 3.63) is 35.9 Å². The predicted octanol–water partition coefficient (Wildman–Crippen LogP) is 0.431. The van der Waals surface area contributed by atoms with Gasteiger partial charge >= 0.3 is 6.03 Å². The number of amides is 3. The van der Waals surface area contributed by atoms with Crippen molar-refractivity contribution in [1.82, 2.24) is 14.5 Å². The molecule has 0 aromatic heterocycles. The lowest BCUT2D eigenvalue weighted by Gasteiger charge is -2.15. The zero-order valence-electron chi connectivity index (χ0n) is 13.2. The molecule has 1 fully saturated rings. The van der Waals surface area contributed by atoms with E-state index in [0.29, 0.717) is 6.42 Å². The average Bonchev–Trinajstić information content (AvgIpc) is 2.75. The SMILES string of the molecule is CN(C)S(=O)(=O)CCCN1C(=O)N[C@@H](Cc2ccccc2)C1=O. The molecule has 0 spiro atoms. The van der Waals surface area contributed by atoms with Gasteiger partial charge in [-0.2, -0.15) is 0 Å². The summed E-state index contributed by atoms with van der Waals surface area (Å²) in [7, 11) is -0.409. The minimum Gasteiger partial charge on any atom is -0.325 e. The first-order valence-electron chi connectivity index (χ1n) is 7.37. The van der Waals surface area contributed by atoms with Gasteiger partial charge in [0.15, 0.2) is 0 Å². The van der Waals surface area contributed by atoms with Crippen molar-refractivity contribution in [1.29, 1.82) is 0 Å². The molecule has 0 saturated carbocycles. The van der Waals surface area contributed by atoms with E-state index in [9.17, 15) is 18.0 Å². The lowest BCUT2D eigenvalue weighted by molar-refractivity contribution is -0.127. The molecular weight excluding hydrogens is 318 g/mol. The van der Waals surface area contributed by atoms with E-state index < -0.39 is 22.1 Å². The number of sulfonamides is 1. The summed E-state index contributed by atoms with van der Waals surface area (Å²) in [6, 6.07) is 8.38. The van der Waals surface area contributed by atoms with Crippen molar-refractivity contribution in [3.63, 3.8) is 0 Å². The zero-order chi connectivity index (χ0) is 17.0. The van der Waals surface area contributed by atoms with Gasteiger partial charge < -0.3 is 5.32 Å². The number of imide groups is 1. The minimum atomic E-state index is -3.32. The second-order valence-electron chi connectivity index (χ2n) is 5.63. The number of nitrogens with one attached hydrogen (secondary N) is 1. The van der Waals surface area contributed by atoms with Crippen LogP contribution in [-0.4, -0.2) is 62.0 Å². The standard InChI is InChI=1S/C15H21N3O4S/c1-17(2)23(21,22)10-6-9-18-14(19)13(16-15(18)20)11-12-7-4-3-5-8-12/h3-5,7-8,13H,6,9-11H2,1-2H3,(H,16,20)/t13-/m0/s1. The number of carbonyl (C=O) groups excluding carboxylic acids is 2. The summed E-state index contributed by atoms with van der Waals surface area (Å²) < 4.78 is 24.5. The van der Waals surface area contributed by atoms with Crippen LogP contribution >= 0.6 is 0 Å². The highest BCUT2D eigenvalue weighted by molar-refractivity contribution is 7.89. The Kier molecular flexibility index (Phi) is 5.38. The van der Waals surface area contributed by atoms with Crippen LogP contribution in [0.1, 0.15) is 12.0 Å². The molecule has 126 valence electrons. The van der Waals surface area contributed by atoms with E-state index in [-0.39, 0.29) is 24.6 Å². The second-order valence-corrected chi connectivity index (χ2v) is 7.94. The Labute approximate surface area is 136 Å².